The molecule has 0 saturated heterocycles. The van der Waals surface area contributed by atoms with Crippen molar-refractivity contribution in [3.63, 3.8) is 0 Å². The van der Waals surface area contributed by atoms with Gasteiger partial charge in [0.1, 0.15) is 0 Å². The Bertz CT molecular complexity index is 292. The van der Waals surface area contributed by atoms with Gasteiger partial charge < -0.3 is 0 Å². The van der Waals surface area contributed by atoms with Crippen molar-refractivity contribution in [1.29, 1.82) is 5.26 Å². The van der Waals surface area contributed by atoms with Gasteiger partial charge in [0.25, 0.3) is 0 Å². The molecule has 0 aliphatic carbocycles. The maximum absolute atomic E-state index is 11.4. The maximum atomic E-state index is 11.4. The van der Waals surface area contributed by atoms with Gasteiger partial charge in [-0.1, -0.05) is 19.8 Å². The smallest absolute Gasteiger partial charge is 0.217 e. The zero-order valence-electron chi connectivity index (χ0n) is 8.29. The largest absolute Gasteiger partial charge is 0.230 e. The number of hydrogen-bond donors (Lipinski definition) is 1. The Kier molecular flexibility index (Phi) is 4.37. The molecule has 0 bridgehead atoms. The lowest BCUT2D eigenvalue weighted by Crippen LogP contribution is -2.41. The molecule has 0 amide bonds. The molecule has 0 aliphatic heterocycles. The van der Waals surface area contributed by atoms with E-state index in [1.165, 1.54) is 14.0 Å². The molecule has 0 saturated carbocycles. The minimum atomic E-state index is -3.49. The highest BCUT2D eigenvalue weighted by Gasteiger charge is 2.37. The third-order valence-electron chi connectivity index (χ3n) is 2.11. The van der Waals surface area contributed by atoms with E-state index in [1.807, 2.05) is 13.0 Å². The van der Waals surface area contributed by atoms with E-state index < -0.39 is 14.8 Å². The van der Waals surface area contributed by atoms with Crippen molar-refractivity contribution in [2.45, 2.75) is 37.9 Å². The average Bonchev–Trinajstić information content (AvgIpc) is 2.13. The number of nitrogens with zero attached hydrogens (tertiary/aromatic N) is 1. The molecule has 0 aromatic rings. The van der Waals surface area contributed by atoms with E-state index in [9.17, 15) is 8.42 Å². The predicted octanol–water partition coefficient (Wildman–Crippen LogP) is 1.01. The third kappa shape index (κ3) is 2.68. The number of unbranched alkanes of at least 4 members (excludes halogenated alkanes) is 1. The van der Waals surface area contributed by atoms with Crippen LogP contribution in [0.3, 0.4) is 0 Å². The molecular weight excluding hydrogens is 188 g/mol. The van der Waals surface area contributed by atoms with Crippen LogP contribution in [-0.2, 0) is 10.0 Å². The van der Waals surface area contributed by atoms with Gasteiger partial charge in [-0.25, -0.2) is 13.1 Å². The average molecular weight is 204 g/mol. The SMILES string of the molecule is CCCCC(C)(C#N)S(=O)(=O)NC. The Hall–Kier alpha value is -0.600. The van der Waals surface area contributed by atoms with Crippen LogP contribution < -0.4 is 4.72 Å². The summed E-state index contributed by atoms with van der Waals surface area (Å²) in [4.78, 5) is 0. The lowest BCUT2D eigenvalue weighted by atomic mass is 10.1. The minimum Gasteiger partial charge on any atom is -0.217 e. The summed E-state index contributed by atoms with van der Waals surface area (Å²) < 4.78 is 23.7. The summed E-state index contributed by atoms with van der Waals surface area (Å²) in [7, 11) is -2.16. The maximum Gasteiger partial charge on any atom is 0.230 e. The van der Waals surface area contributed by atoms with Crippen molar-refractivity contribution >= 4 is 10.0 Å². The van der Waals surface area contributed by atoms with Gasteiger partial charge in [-0.3, -0.25) is 0 Å². The Morgan fingerprint density at radius 1 is 1.54 bits per heavy atom. The molecule has 0 aliphatic rings. The van der Waals surface area contributed by atoms with Gasteiger partial charge in [0, 0.05) is 0 Å². The van der Waals surface area contributed by atoms with Crippen LogP contribution >= 0.6 is 0 Å². The van der Waals surface area contributed by atoms with Gasteiger partial charge >= 0.3 is 0 Å². The van der Waals surface area contributed by atoms with Crippen LogP contribution in [0.25, 0.3) is 0 Å². The fraction of sp³-hybridized carbons (Fsp3) is 0.875. The van der Waals surface area contributed by atoms with E-state index >= 15 is 0 Å². The molecule has 0 radical (unpaired) electrons. The van der Waals surface area contributed by atoms with Crippen molar-refractivity contribution in [3.8, 4) is 6.07 Å². The fourth-order valence-electron chi connectivity index (χ4n) is 0.990. The van der Waals surface area contributed by atoms with E-state index in [2.05, 4.69) is 4.72 Å². The van der Waals surface area contributed by atoms with E-state index in [0.717, 1.165) is 12.8 Å². The van der Waals surface area contributed by atoms with Gasteiger partial charge in [0.2, 0.25) is 10.0 Å². The normalized spacial score (nSPS) is 16.2. The highest BCUT2D eigenvalue weighted by atomic mass is 32.2. The van der Waals surface area contributed by atoms with Crippen LogP contribution in [0.2, 0.25) is 0 Å². The Balaban J connectivity index is 4.77. The van der Waals surface area contributed by atoms with Crippen LogP contribution in [-0.4, -0.2) is 20.2 Å². The third-order valence-corrected chi connectivity index (χ3v) is 4.12. The number of sulfonamides is 1. The van der Waals surface area contributed by atoms with Crippen molar-refractivity contribution in [1.82, 2.24) is 4.72 Å². The summed E-state index contributed by atoms with van der Waals surface area (Å²) in [5.74, 6) is 0. The Morgan fingerprint density at radius 3 is 2.38 bits per heavy atom. The molecule has 1 atom stereocenters. The molecule has 0 aromatic heterocycles. The lowest BCUT2D eigenvalue weighted by Gasteiger charge is -2.20. The predicted molar refractivity (Wildman–Crippen MR) is 51.5 cm³/mol. The van der Waals surface area contributed by atoms with Crippen LogP contribution in [0.4, 0.5) is 0 Å². The van der Waals surface area contributed by atoms with Crippen LogP contribution in [0, 0.1) is 11.3 Å². The van der Waals surface area contributed by atoms with Gasteiger partial charge in [0.05, 0.1) is 6.07 Å². The highest BCUT2D eigenvalue weighted by molar-refractivity contribution is 7.91. The second-order valence-electron chi connectivity index (χ2n) is 3.15. The molecule has 0 rings (SSSR count). The quantitative estimate of drug-likeness (QED) is 0.726. The first-order valence-electron chi connectivity index (χ1n) is 4.28. The molecule has 76 valence electrons. The first-order valence-corrected chi connectivity index (χ1v) is 5.76. The topological polar surface area (TPSA) is 70.0 Å². The van der Waals surface area contributed by atoms with E-state index in [1.54, 1.807) is 0 Å². The van der Waals surface area contributed by atoms with E-state index in [4.69, 9.17) is 5.26 Å². The number of nitriles is 1. The molecule has 0 aromatic carbocycles. The summed E-state index contributed by atoms with van der Waals surface area (Å²) in [6.07, 6.45) is 2.00. The van der Waals surface area contributed by atoms with Crippen LogP contribution in [0.1, 0.15) is 33.1 Å². The van der Waals surface area contributed by atoms with Crippen LogP contribution in [0.15, 0.2) is 0 Å². The standard InChI is InChI=1S/C8H16N2O2S/c1-4-5-6-8(2,7-9)13(11,12)10-3/h10H,4-6H2,1-3H3. The summed E-state index contributed by atoms with van der Waals surface area (Å²) in [6, 6.07) is 1.85. The Labute approximate surface area is 80.0 Å². The van der Waals surface area contributed by atoms with Crippen molar-refractivity contribution < 1.29 is 8.42 Å². The first kappa shape index (κ1) is 12.4. The van der Waals surface area contributed by atoms with Crippen molar-refractivity contribution in [3.05, 3.63) is 0 Å². The first-order chi connectivity index (χ1) is 5.93. The zero-order chi connectivity index (χ0) is 10.5. The monoisotopic (exact) mass is 204 g/mol. The van der Waals surface area contributed by atoms with E-state index in [-0.39, 0.29) is 0 Å². The summed E-state index contributed by atoms with van der Waals surface area (Å²) in [5, 5.41) is 8.81. The summed E-state index contributed by atoms with van der Waals surface area (Å²) >= 11 is 0. The summed E-state index contributed by atoms with van der Waals surface area (Å²) in [6.45, 7) is 3.41. The van der Waals surface area contributed by atoms with Gasteiger partial charge in [-0.15, -0.1) is 0 Å². The zero-order valence-corrected chi connectivity index (χ0v) is 9.11. The van der Waals surface area contributed by atoms with Gasteiger partial charge in [0.15, 0.2) is 4.75 Å². The fourth-order valence-corrected chi connectivity index (χ4v) is 1.97. The molecule has 0 fully saturated rings. The van der Waals surface area contributed by atoms with Crippen molar-refractivity contribution in [2.75, 3.05) is 7.05 Å². The number of nitrogens with one attached hydrogen (secondary N) is 1. The van der Waals surface area contributed by atoms with Crippen LogP contribution in [0.5, 0.6) is 0 Å². The molecule has 0 heterocycles. The highest BCUT2D eigenvalue weighted by Crippen LogP contribution is 2.21. The second kappa shape index (κ2) is 4.58. The molecule has 5 heteroatoms. The van der Waals surface area contributed by atoms with Gasteiger partial charge in [-0.05, 0) is 20.4 Å². The van der Waals surface area contributed by atoms with E-state index in [0.29, 0.717) is 6.42 Å². The molecule has 0 spiro atoms. The molecule has 1 unspecified atom stereocenters. The number of hydrogen-bond acceptors (Lipinski definition) is 3. The number of rotatable bonds is 5. The molecule has 1 N–H and O–H groups in total. The molecule has 4 nitrogen and oxygen atoms in total. The molecule has 13 heavy (non-hydrogen) atoms. The Morgan fingerprint density at radius 2 is 2.08 bits per heavy atom. The summed E-state index contributed by atoms with van der Waals surface area (Å²) in [5.41, 5.74) is 0. The molecular formula is C8H16N2O2S. The van der Waals surface area contributed by atoms with Gasteiger partial charge in [-0.2, -0.15) is 5.26 Å². The van der Waals surface area contributed by atoms with Crippen molar-refractivity contribution in [2.24, 2.45) is 0 Å². The minimum absolute atomic E-state index is 0.378. The second-order valence-corrected chi connectivity index (χ2v) is 5.47. The lowest BCUT2D eigenvalue weighted by molar-refractivity contribution is 0.534.